The van der Waals surface area contributed by atoms with Crippen LogP contribution < -0.4 is 10.1 Å². The standard InChI is InChI=1S/C13H16FNO5/c1-3-20-11-8(5-4-6-9(11)14)12(16)15-7-10(19-2)13(17)18/h4-6,10H,3,7H2,1-2H3,(H,15,16)(H,17,18). The molecule has 0 bridgehead atoms. The van der Waals surface area contributed by atoms with E-state index in [-0.39, 0.29) is 24.5 Å². The highest BCUT2D eigenvalue weighted by Crippen LogP contribution is 2.22. The third-order valence-electron chi connectivity index (χ3n) is 2.51. The minimum Gasteiger partial charge on any atom is -0.490 e. The first-order valence-electron chi connectivity index (χ1n) is 5.96. The Hall–Kier alpha value is -2.15. The van der Waals surface area contributed by atoms with Gasteiger partial charge in [0, 0.05) is 7.11 Å². The first-order chi connectivity index (χ1) is 9.51. The fourth-order valence-corrected chi connectivity index (χ4v) is 1.53. The average molecular weight is 285 g/mol. The van der Waals surface area contributed by atoms with E-state index in [0.29, 0.717) is 0 Å². The van der Waals surface area contributed by atoms with E-state index in [9.17, 15) is 14.0 Å². The summed E-state index contributed by atoms with van der Waals surface area (Å²) in [5, 5.41) is 11.1. The number of carbonyl (C=O) groups is 2. The summed E-state index contributed by atoms with van der Waals surface area (Å²) in [6.07, 6.45) is -1.16. The van der Waals surface area contributed by atoms with Crippen molar-refractivity contribution < 1.29 is 28.6 Å². The Kier molecular flexibility index (Phi) is 5.92. The fraction of sp³-hybridized carbons (Fsp3) is 0.385. The summed E-state index contributed by atoms with van der Waals surface area (Å²) in [4.78, 5) is 22.7. The number of carbonyl (C=O) groups excluding carboxylic acids is 1. The van der Waals surface area contributed by atoms with Gasteiger partial charge in [0.25, 0.3) is 5.91 Å². The highest BCUT2D eigenvalue weighted by atomic mass is 19.1. The van der Waals surface area contributed by atoms with Gasteiger partial charge < -0.3 is 19.9 Å². The smallest absolute Gasteiger partial charge is 0.334 e. The molecule has 20 heavy (non-hydrogen) atoms. The average Bonchev–Trinajstić information content (AvgIpc) is 2.41. The van der Waals surface area contributed by atoms with Gasteiger partial charge in [0.15, 0.2) is 17.7 Å². The number of amides is 1. The van der Waals surface area contributed by atoms with Crippen LogP contribution in [0.5, 0.6) is 5.75 Å². The summed E-state index contributed by atoms with van der Waals surface area (Å²) in [5.41, 5.74) is 0.00657. The van der Waals surface area contributed by atoms with Crippen molar-refractivity contribution >= 4 is 11.9 Å². The first-order valence-corrected chi connectivity index (χ1v) is 5.96. The number of carboxylic acids is 1. The monoisotopic (exact) mass is 285 g/mol. The Morgan fingerprint density at radius 3 is 2.70 bits per heavy atom. The maximum atomic E-state index is 13.6. The minimum atomic E-state index is -1.20. The van der Waals surface area contributed by atoms with Crippen molar-refractivity contribution in [3.63, 3.8) is 0 Å². The second-order valence-electron chi connectivity index (χ2n) is 3.82. The summed E-state index contributed by atoms with van der Waals surface area (Å²) >= 11 is 0. The molecule has 0 aromatic heterocycles. The van der Waals surface area contributed by atoms with Crippen molar-refractivity contribution in [3.05, 3.63) is 29.6 Å². The minimum absolute atomic E-state index is 0.00657. The second-order valence-corrected chi connectivity index (χ2v) is 3.82. The molecule has 0 aliphatic carbocycles. The Bertz CT molecular complexity index is 492. The van der Waals surface area contributed by atoms with E-state index in [1.165, 1.54) is 25.3 Å². The van der Waals surface area contributed by atoms with E-state index >= 15 is 0 Å². The molecule has 0 radical (unpaired) electrons. The number of hydrogen-bond acceptors (Lipinski definition) is 4. The van der Waals surface area contributed by atoms with Gasteiger partial charge in [0.05, 0.1) is 18.7 Å². The predicted molar refractivity (Wildman–Crippen MR) is 68.3 cm³/mol. The topological polar surface area (TPSA) is 84.9 Å². The van der Waals surface area contributed by atoms with Crippen molar-refractivity contribution in [1.29, 1.82) is 0 Å². The molecule has 1 atom stereocenters. The van der Waals surface area contributed by atoms with E-state index in [1.54, 1.807) is 6.92 Å². The number of aliphatic carboxylic acids is 1. The lowest BCUT2D eigenvalue weighted by molar-refractivity contribution is -0.148. The van der Waals surface area contributed by atoms with Gasteiger partial charge in [-0.3, -0.25) is 4.79 Å². The van der Waals surface area contributed by atoms with Crippen LogP contribution in [-0.2, 0) is 9.53 Å². The molecule has 0 saturated heterocycles. The zero-order chi connectivity index (χ0) is 15.1. The van der Waals surface area contributed by atoms with Gasteiger partial charge in [-0.1, -0.05) is 6.07 Å². The van der Waals surface area contributed by atoms with E-state index in [2.05, 4.69) is 10.1 Å². The first kappa shape index (κ1) is 15.9. The van der Waals surface area contributed by atoms with E-state index in [1.807, 2.05) is 0 Å². The van der Waals surface area contributed by atoms with E-state index in [4.69, 9.17) is 9.84 Å². The van der Waals surface area contributed by atoms with Crippen LogP contribution in [0.2, 0.25) is 0 Å². The molecule has 7 heteroatoms. The largest absolute Gasteiger partial charge is 0.490 e. The highest BCUT2D eigenvalue weighted by molar-refractivity contribution is 5.97. The van der Waals surface area contributed by atoms with Crippen molar-refractivity contribution in [3.8, 4) is 5.75 Å². The number of para-hydroxylation sites is 1. The molecular formula is C13H16FNO5. The lowest BCUT2D eigenvalue weighted by Gasteiger charge is -2.14. The summed E-state index contributed by atoms with van der Waals surface area (Å²) < 4.78 is 23.3. The molecule has 1 rings (SSSR count). The van der Waals surface area contributed by atoms with Crippen LogP contribution in [0.15, 0.2) is 18.2 Å². The zero-order valence-corrected chi connectivity index (χ0v) is 11.2. The molecule has 1 aromatic rings. The third kappa shape index (κ3) is 3.92. The van der Waals surface area contributed by atoms with Gasteiger partial charge in [-0.05, 0) is 19.1 Å². The summed E-state index contributed by atoms with van der Waals surface area (Å²) in [6.45, 7) is 1.64. The van der Waals surface area contributed by atoms with Crippen LogP contribution in [-0.4, -0.2) is 43.3 Å². The maximum Gasteiger partial charge on any atom is 0.334 e. The fourth-order valence-electron chi connectivity index (χ4n) is 1.53. The van der Waals surface area contributed by atoms with E-state index < -0.39 is 23.8 Å². The van der Waals surface area contributed by atoms with Gasteiger partial charge in [0.2, 0.25) is 0 Å². The lowest BCUT2D eigenvalue weighted by Crippen LogP contribution is -2.38. The number of methoxy groups -OCH3 is 1. The van der Waals surface area contributed by atoms with Gasteiger partial charge >= 0.3 is 5.97 Å². The van der Waals surface area contributed by atoms with Crippen molar-refractivity contribution in [2.75, 3.05) is 20.3 Å². The summed E-state index contributed by atoms with van der Waals surface area (Å²) in [5.74, 6) is -2.63. The lowest BCUT2D eigenvalue weighted by atomic mass is 10.1. The molecule has 1 unspecified atom stereocenters. The second kappa shape index (κ2) is 7.44. The molecule has 0 aliphatic heterocycles. The van der Waals surface area contributed by atoms with Crippen LogP contribution in [0.3, 0.4) is 0 Å². The van der Waals surface area contributed by atoms with Crippen LogP contribution in [0.1, 0.15) is 17.3 Å². The molecule has 0 heterocycles. The molecule has 2 N–H and O–H groups in total. The number of ether oxygens (including phenoxy) is 2. The molecule has 110 valence electrons. The SMILES string of the molecule is CCOc1c(F)cccc1C(=O)NCC(OC)C(=O)O. The van der Waals surface area contributed by atoms with Crippen molar-refractivity contribution in [2.45, 2.75) is 13.0 Å². The quantitative estimate of drug-likeness (QED) is 0.782. The highest BCUT2D eigenvalue weighted by Gasteiger charge is 2.20. The normalized spacial score (nSPS) is 11.8. The molecule has 6 nitrogen and oxygen atoms in total. The van der Waals surface area contributed by atoms with Crippen LogP contribution >= 0.6 is 0 Å². The number of carboxylic acid groups (broad SMARTS) is 1. The summed E-state index contributed by atoms with van der Waals surface area (Å²) in [6, 6.07) is 3.95. The molecule has 0 aliphatic rings. The van der Waals surface area contributed by atoms with Crippen LogP contribution in [0, 0.1) is 5.82 Å². The number of halogens is 1. The van der Waals surface area contributed by atoms with Crippen LogP contribution in [0.25, 0.3) is 0 Å². The van der Waals surface area contributed by atoms with Gasteiger partial charge in [-0.2, -0.15) is 0 Å². The maximum absolute atomic E-state index is 13.6. The molecule has 1 aromatic carbocycles. The predicted octanol–water partition coefficient (Wildman–Crippen LogP) is 1.05. The van der Waals surface area contributed by atoms with E-state index in [0.717, 1.165) is 0 Å². The molecule has 0 fully saturated rings. The molecule has 1 amide bonds. The van der Waals surface area contributed by atoms with Crippen molar-refractivity contribution in [2.24, 2.45) is 0 Å². The Labute approximate surface area is 115 Å². The van der Waals surface area contributed by atoms with Gasteiger partial charge in [0.1, 0.15) is 0 Å². The van der Waals surface area contributed by atoms with Gasteiger partial charge in [-0.25, -0.2) is 9.18 Å². The molecule has 0 saturated carbocycles. The van der Waals surface area contributed by atoms with Gasteiger partial charge in [-0.15, -0.1) is 0 Å². The molecular weight excluding hydrogens is 269 g/mol. The number of nitrogens with one attached hydrogen (secondary N) is 1. The third-order valence-corrected chi connectivity index (χ3v) is 2.51. The van der Waals surface area contributed by atoms with Crippen LogP contribution in [0.4, 0.5) is 4.39 Å². The number of rotatable bonds is 7. The Balaban J connectivity index is 2.82. The Morgan fingerprint density at radius 1 is 1.45 bits per heavy atom. The molecule has 0 spiro atoms. The number of hydrogen-bond donors (Lipinski definition) is 2. The van der Waals surface area contributed by atoms with Crippen molar-refractivity contribution in [1.82, 2.24) is 5.32 Å². The zero-order valence-electron chi connectivity index (χ0n) is 11.2. The Morgan fingerprint density at radius 2 is 2.15 bits per heavy atom. The number of benzene rings is 1. The summed E-state index contributed by atoms with van der Waals surface area (Å²) in [7, 11) is 1.22.